The average molecular weight is 1420 g/mol. The fourth-order valence-corrected chi connectivity index (χ4v) is 18.4. The van der Waals surface area contributed by atoms with E-state index in [9.17, 15) is 5.48 Å². The molecule has 0 amide bonds. The SMILES string of the molecule is [2H]c1c([2H])c([2H])c(-c2cc3c4c(c2)N(c2c(-c5ccccc5)cccc2-c2ccccc2)c2cc(-c5ccccc5)ccc2B4c2cc(-c4c(-c5cccc6sc7ccccc7c56)cccc4-n4c5cc(C(C)(C)C)ccc5c5ccc(C(C)(C)C)cc54)ccc2N3c2cc(-c3ccccc3)cc(-c3ccccc3)c2)c([2H])c1[2H]. The molecule has 0 fully saturated rings. The number of rotatable bonds is 11. The van der Waals surface area contributed by atoms with Crippen LogP contribution in [-0.4, -0.2) is 11.3 Å². The largest absolute Gasteiger partial charge is 0.311 e. The molecule has 20 rings (SSSR count). The number of anilines is 6. The van der Waals surface area contributed by atoms with Crippen LogP contribution >= 0.6 is 11.3 Å². The summed E-state index contributed by atoms with van der Waals surface area (Å²) in [5.74, 6) is 0. The molecule has 3 nitrogen and oxygen atoms in total. The van der Waals surface area contributed by atoms with Crippen LogP contribution in [-0.2, 0) is 10.8 Å². The van der Waals surface area contributed by atoms with Crippen LogP contribution in [0.3, 0.4) is 0 Å². The molecule has 2 aliphatic rings. The van der Waals surface area contributed by atoms with Gasteiger partial charge in [0.25, 0.3) is 6.71 Å². The van der Waals surface area contributed by atoms with Crippen LogP contribution in [0.5, 0.6) is 0 Å². The van der Waals surface area contributed by atoms with Gasteiger partial charge in [0, 0.05) is 76.1 Å². The maximum atomic E-state index is 10.0. The van der Waals surface area contributed by atoms with E-state index >= 15 is 0 Å². The lowest BCUT2D eigenvalue weighted by Gasteiger charge is -2.45. The summed E-state index contributed by atoms with van der Waals surface area (Å²) in [6.45, 7) is 13.3. The summed E-state index contributed by atoms with van der Waals surface area (Å²) in [4.78, 5) is 4.89. The predicted octanol–water partition coefficient (Wildman–Crippen LogP) is 27.2. The van der Waals surface area contributed by atoms with Crippen molar-refractivity contribution in [1.29, 1.82) is 0 Å². The van der Waals surface area contributed by atoms with Crippen molar-refractivity contribution in [2.75, 3.05) is 9.80 Å². The molecule has 2 aromatic heterocycles. The van der Waals surface area contributed by atoms with E-state index in [-0.39, 0.29) is 28.5 Å². The monoisotopic (exact) mass is 1420 g/mol. The van der Waals surface area contributed by atoms with Crippen molar-refractivity contribution >= 4 is 111 Å². The van der Waals surface area contributed by atoms with Crippen LogP contribution in [0.1, 0.15) is 59.5 Å². The van der Waals surface area contributed by atoms with E-state index in [1.54, 1.807) is 0 Å². The molecule has 2 aliphatic heterocycles. The van der Waals surface area contributed by atoms with Gasteiger partial charge < -0.3 is 14.4 Å². The predicted molar refractivity (Wildman–Crippen MR) is 469 cm³/mol. The van der Waals surface area contributed by atoms with Crippen LogP contribution in [0.25, 0.3) is 137 Å². The summed E-state index contributed by atoms with van der Waals surface area (Å²) in [5.41, 5.74) is 29.0. The van der Waals surface area contributed by atoms with Crippen molar-refractivity contribution in [1.82, 2.24) is 4.57 Å². The highest BCUT2D eigenvalue weighted by Gasteiger charge is 2.45. The number of aromatic nitrogens is 1. The number of hydrogen-bond acceptors (Lipinski definition) is 3. The van der Waals surface area contributed by atoms with Gasteiger partial charge in [0.1, 0.15) is 0 Å². The zero-order valence-corrected chi connectivity index (χ0v) is 62.4. The quantitative estimate of drug-likeness (QED) is 0.120. The lowest BCUT2D eigenvalue weighted by molar-refractivity contribution is 0.591. The molecule has 0 radical (unpaired) electrons. The van der Waals surface area contributed by atoms with Crippen LogP contribution in [0.4, 0.5) is 34.1 Å². The Labute approximate surface area is 649 Å². The molecule has 0 spiro atoms. The zero-order valence-electron chi connectivity index (χ0n) is 66.6. The smallest absolute Gasteiger partial charge is 0.252 e. The van der Waals surface area contributed by atoms with Crippen molar-refractivity contribution in [3.8, 4) is 94.7 Å². The van der Waals surface area contributed by atoms with Crippen molar-refractivity contribution in [3.63, 3.8) is 0 Å². The van der Waals surface area contributed by atoms with Gasteiger partial charge in [-0.25, -0.2) is 0 Å². The summed E-state index contributed by atoms with van der Waals surface area (Å²) >= 11 is 1.84. The van der Waals surface area contributed by atoms with Gasteiger partial charge in [0.15, 0.2) is 0 Å². The third-order valence-corrected chi connectivity index (χ3v) is 23.7. The van der Waals surface area contributed by atoms with Gasteiger partial charge in [0.05, 0.1) is 29.3 Å². The van der Waals surface area contributed by atoms with Crippen LogP contribution in [0.2, 0.25) is 0 Å². The van der Waals surface area contributed by atoms with Gasteiger partial charge in [-0.1, -0.05) is 333 Å². The van der Waals surface area contributed by atoms with E-state index in [0.29, 0.717) is 5.56 Å². The Hall–Kier alpha value is -12.8. The molecule has 0 aliphatic carbocycles. The first-order valence-corrected chi connectivity index (χ1v) is 38.6. The molecule has 0 N–H and O–H groups in total. The summed E-state index contributed by atoms with van der Waals surface area (Å²) in [6, 6.07) is 120. The molecular formula is C104H78BN3S. The highest BCUT2D eigenvalue weighted by molar-refractivity contribution is 7.26. The first kappa shape index (κ1) is 60.3. The number of nitrogens with zero attached hydrogens (tertiary/aromatic N) is 3. The topological polar surface area (TPSA) is 11.4 Å². The van der Waals surface area contributed by atoms with Gasteiger partial charge in [-0.15, -0.1) is 11.3 Å². The minimum Gasteiger partial charge on any atom is -0.311 e. The van der Waals surface area contributed by atoms with Crippen molar-refractivity contribution in [2.45, 2.75) is 52.4 Å². The number of benzene rings is 16. The second kappa shape index (κ2) is 26.0. The van der Waals surface area contributed by atoms with Crippen molar-refractivity contribution < 1.29 is 6.85 Å². The van der Waals surface area contributed by atoms with Gasteiger partial charge in [-0.3, -0.25) is 0 Å². The first-order valence-electron chi connectivity index (χ1n) is 40.2. The number of para-hydroxylation sites is 1. The fraction of sp³-hybridized carbons (Fsp3) is 0.0769. The minimum atomic E-state index is -0.502. The zero-order chi connectivity index (χ0) is 77.6. The molecule has 518 valence electrons. The summed E-state index contributed by atoms with van der Waals surface area (Å²) in [6.07, 6.45) is 0. The van der Waals surface area contributed by atoms with Crippen LogP contribution < -0.4 is 26.2 Å². The average Bonchev–Trinajstić information content (AvgIpc) is 0.877. The van der Waals surface area contributed by atoms with E-state index in [4.69, 9.17) is 1.37 Å². The highest BCUT2D eigenvalue weighted by atomic mass is 32.1. The number of thiophene rings is 1. The maximum Gasteiger partial charge on any atom is 0.252 e. The van der Waals surface area contributed by atoms with Gasteiger partial charge in [-0.05, 0) is 183 Å². The molecule has 16 aromatic carbocycles. The van der Waals surface area contributed by atoms with Crippen molar-refractivity contribution in [3.05, 3.63) is 375 Å². The van der Waals surface area contributed by atoms with Gasteiger partial charge in [-0.2, -0.15) is 0 Å². The molecule has 0 saturated carbocycles. The van der Waals surface area contributed by atoms with Gasteiger partial charge >= 0.3 is 0 Å². The molecule has 0 unspecified atom stereocenters. The van der Waals surface area contributed by atoms with Crippen molar-refractivity contribution in [2.24, 2.45) is 0 Å². The van der Waals surface area contributed by atoms with E-state index in [0.717, 1.165) is 145 Å². The fourth-order valence-electron chi connectivity index (χ4n) is 17.3. The Kier molecular flexibility index (Phi) is 14.4. The van der Waals surface area contributed by atoms with Crippen LogP contribution in [0.15, 0.2) is 364 Å². The van der Waals surface area contributed by atoms with E-state index in [1.165, 1.54) is 42.1 Å². The van der Waals surface area contributed by atoms with Crippen LogP contribution in [0, 0.1) is 0 Å². The Balaban J connectivity index is 0.971. The second-order valence-electron chi connectivity index (χ2n) is 31.2. The molecular weight excluding hydrogens is 1330 g/mol. The third-order valence-electron chi connectivity index (χ3n) is 22.5. The normalized spacial score (nSPS) is 13.3. The first-order chi connectivity index (χ1) is 55.4. The minimum absolute atomic E-state index is 0.107. The summed E-state index contributed by atoms with van der Waals surface area (Å²) in [5, 5.41) is 4.80. The number of hydrogen-bond donors (Lipinski definition) is 0. The highest BCUT2D eigenvalue weighted by Crippen LogP contribution is 2.54. The van der Waals surface area contributed by atoms with E-state index in [2.05, 4.69) is 390 Å². The Morgan fingerprint density at radius 2 is 0.789 bits per heavy atom. The summed E-state index contributed by atoms with van der Waals surface area (Å²) < 4.78 is 53.0. The molecule has 4 heterocycles. The Bertz CT molecular complexity index is 6730. The lowest BCUT2D eigenvalue weighted by atomic mass is 9.33. The Morgan fingerprint density at radius 1 is 0.303 bits per heavy atom. The van der Waals surface area contributed by atoms with E-state index < -0.39 is 24.8 Å². The van der Waals surface area contributed by atoms with E-state index in [1.807, 2.05) is 11.3 Å². The van der Waals surface area contributed by atoms with Gasteiger partial charge in [0.2, 0.25) is 0 Å². The molecule has 0 bridgehead atoms. The summed E-state index contributed by atoms with van der Waals surface area (Å²) in [7, 11) is 0. The molecule has 0 saturated heterocycles. The second-order valence-corrected chi connectivity index (χ2v) is 32.2. The Morgan fingerprint density at radius 3 is 1.39 bits per heavy atom. The molecule has 109 heavy (non-hydrogen) atoms. The molecule has 0 atom stereocenters. The lowest BCUT2D eigenvalue weighted by Crippen LogP contribution is -2.61. The molecule has 18 aromatic rings. The standard InChI is InChI=1S/C104H78BN3S/c1-103(2,3)78-52-54-83-84-55-53-79(104(4,5)6)66-93(84)107(92(83)65-78)91-47-28-45-85(86-46-29-49-98-100(86)87-42-25-26-48-97(87)109-98)99(91)74-51-57-90-89(61-74)105-88-56-50-73(67-30-13-7-14-31-67)62-94(88)108(102-81(71-38-21-11-22-39-71)43-27-44-82(102)72-40-23-12-24-41-72)96-64-77(70-36-19-10-20-37-70)63-95(101(96)105)106(90)80-59-75(68-32-15-8-16-33-68)58-76(60-80)69-34-17-9-18-35-69/h7-66H,1-6H3/i10D,19D,20D,36D,37D. The number of fused-ring (bicyclic) bond motifs is 10. The maximum absolute atomic E-state index is 10.0. The third kappa shape index (κ3) is 11.2. The molecule has 5 heteroatoms.